The molecule has 152 valence electrons. The lowest BCUT2D eigenvalue weighted by Gasteiger charge is -2.18. The van der Waals surface area contributed by atoms with Crippen LogP contribution in [0.15, 0.2) is 68.3 Å². The molecule has 1 aliphatic rings. The molecule has 30 heavy (non-hydrogen) atoms. The minimum atomic E-state index is -0.211. The van der Waals surface area contributed by atoms with Gasteiger partial charge < -0.3 is 0 Å². The zero-order valence-electron chi connectivity index (χ0n) is 16.7. The molecule has 2 aromatic heterocycles. The highest BCUT2D eigenvalue weighted by Crippen LogP contribution is 2.35. The maximum absolute atomic E-state index is 13.4. The first-order valence-corrected chi connectivity index (χ1v) is 11.4. The maximum atomic E-state index is 13.4. The Balaban J connectivity index is 1.90. The van der Waals surface area contributed by atoms with Crippen LogP contribution in [0.4, 0.5) is 0 Å². The predicted molar refractivity (Wildman–Crippen MR) is 127 cm³/mol. The molecule has 4 rings (SSSR count). The Hall–Kier alpha value is -2.42. The van der Waals surface area contributed by atoms with Gasteiger partial charge in [-0.05, 0) is 50.6 Å². The number of fused-ring (bicyclic) bond motifs is 1. The summed E-state index contributed by atoms with van der Waals surface area (Å²) in [7, 11) is 0. The predicted octanol–water partition coefficient (Wildman–Crippen LogP) is 4.76. The molecule has 0 radical (unpaired) electrons. The van der Waals surface area contributed by atoms with E-state index in [1.807, 2.05) is 63.2 Å². The molecule has 1 aromatic carbocycles. The van der Waals surface area contributed by atoms with Gasteiger partial charge in [0.2, 0.25) is 0 Å². The van der Waals surface area contributed by atoms with Gasteiger partial charge in [-0.1, -0.05) is 60.0 Å². The Bertz CT molecular complexity index is 1250. The Morgan fingerprint density at radius 1 is 1.13 bits per heavy atom. The fourth-order valence-electron chi connectivity index (χ4n) is 3.10. The van der Waals surface area contributed by atoms with Crippen molar-refractivity contribution in [3.05, 3.63) is 75.0 Å². The van der Waals surface area contributed by atoms with E-state index >= 15 is 0 Å². The molecule has 0 aliphatic carbocycles. The molecule has 1 fully saturated rings. The van der Waals surface area contributed by atoms with Crippen molar-refractivity contribution in [3.63, 3.8) is 0 Å². The summed E-state index contributed by atoms with van der Waals surface area (Å²) in [6.07, 6.45) is 3.40. The number of amides is 1. The quantitative estimate of drug-likeness (QED) is 0.322. The Labute approximate surface area is 188 Å². The number of aryl methyl sites for hydroxylation is 1. The second-order valence-electron chi connectivity index (χ2n) is 7.13. The zero-order chi connectivity index (χ0) is 21.4. The van der Waals surface area contributed by atoms with Crippen molar-refractivity contribution in [2.45, 2.75) is 36.7 Å². The van der Waals surface area contributed by atoms with Crippen LogP contribution in [-0.2, 0) is 4.79 Å². The number of aromatic nitrogens is 2. The molecule has 0 atom stereocenters. The van der Waals surface area contributed by atoms with Crippen LogP contribution in [0.2, 0.25) is 0 Å². The van der Waals surface area contributed by atoms with Gasteiger partial charge in [0.25, 0.3) is 11.5 Å². The molecule has 1 aliphatic heterocycles. The van der Waals surface area contributed by atoms with E-state index < -0.39 is 0 Å². The number of carbonyl (C=O) groups is 1. The van der Waals surface area contributed by atoms with Gasteiger partial charge in [-0.15, -0.1) is 0 Å². The Morgan fingerprint density at radius 2 is 1.87 bits per heavy atom. The molecule has 0 saturated carbocycles. The number of thioether (sulfide) groups is 1. The summed E-state index contributed by atoms with van der Waals surface area (Å²) < 4.78 is 2.03. The number of hydrogen-bond donors (Lipinski definition) is 0. The van der Waals surface area contributed by atoms with Crippen LogP contribution in [0.5, 0.6) is 0 Å². The second kappa shape index (κ2) is 8.37. The van der Waals surface area contributed by atoms with Gasteiger partial charge in [0.05, 0.1) is 10.5 Å². The van der Waals surface area contributed by atoms with Crippen molar-refractivity contribution in [3.8, 4) is 0 Å². The SMILES string of the molecule is Cc1ccc2nc(Sc3ccccc3)c(C=C3SC(=S)N(C(C)C)C3=O)c(=O)n2c1. The van der Waals surface area contributed by atoms with E-state index in [0.717, 1.165) is 10.5 Å². The van der Waals surface area contributed by atoms with Crippen LogP contribution >= 0.6 is 35.7 Å². The summed E-state index contributed by atoms with van der Waals surface area (Å²) in [5.41, 5.74) is 1.69. The second-order valence-corrected chi connectivity index (χ2v) is 9.87. The molecule has 3 heterocycles. The summed E-state index contributed by atoms with van der Waals surface area (Å²) in [4.78, 5) is 34.0. The van der Waals surface area contributed by atoms with E-state index in [1.54, 1.807) is 17.2 Å². The van der Waals surface area contributed by atoms with E-state index in [4.69, 9.17) is 17.2 Å². The van der Waals surface area contributed by atoms with E-state index in [2.05, 4.69) is 0 Å². The Kier molecular flexibility index (Phi) is 5.81. The van der Waals surface area contributed by atoms with Crippen molar-refractivity contribution >= 4 is 57.7 Å². The van der Waals surface area contributed by atoms with Crippen LogP contribution < -0.4 is 5.56 Å². The molecular weight excluding hydrogens is 434 g/mol. The van der Waals surface area contributed by atoms with E-state index in [-0.39, 0.29) is 17.5 Å². The number of pyridine rings is 1. The number of rotatable bonds is 4. The molecular formula is C22H19N3O2S3. The third-order valence-electron chi connectivity index (χ3n) is 4.54. The van der Waals surface area contributed by atoms with Crippen molar-refractivity contribution < 1.29 is 4.79 Å². The molecule has 0 N–H and O–H groups in total. The third kappa shape index (κ3) is 3.95. The highest BCUT2D eigenvalue weighted by Gasteiger charge is 2.34. The van der Waals surface area contributed by atoms with E-state index in [0.29, 0.717) is 25.5 Å². The van der Waals surface area contributed by atoms with Crippen LogP contribution in [-0.4, -0.2) is 30.6 Å². The largest absolute Gasteiger partial charge is 0.290 e. The molecule has 0 spiro atoms. The standard InChI is InChI=1S/C22H19N3O2S3/c1-13(2)25-21(27)17(30-22(25)28)11-16-19(29-15-7-5-4-6-8-15)23-18-10-9-14(3)12-24(18)20(16)26/h4-13H,1-3H3. The van der Waals surface area contributed by atoms with Crippen LogP contribution in [0.3, 0.4) is 0 Å². The van der Waals surface area contributed by atoms with Gasteiger partial charge in [0.1, 0.15) is 15.0 Å². The highest BCUT2D eigenvalue weighted by molar-refractivity contribution is 8.26. The van der Waals surface area contributed by atoms with E-state index in [1.165, 1.54) is 27.9 Å². The average molecular weight is 454 g/mol. The topological polar surface area (TPSA) is 54.7 Å². The summed E-state index contributed by atoms with van der Waals surface area (Å²) in [5.74, 6) is -0.176. The third-order valence-corrected chi connectivity index (χ3v) is 6.89. The number of hydrogen-bond acceptors (Lipinski definition) is 6. The fraction of sp³-hybridized carbons (Fsp3) is 0.182. The highest BCUT2D eigenvalue weighted by atomic mass is 32.2. The van der Waals surface area contributed by atoms with Gasteiger partial charge in [-0.25, -0.2) is 4.98 Å². The molecule has 3 aromatic rings. The summed E-state index contributed by atoms with van der Waals surface area (Å²) >= 11 is 8.00. The van der Waals surface area contributed by atoms with Gasteiger partial charge in [-0.2, -0.15) is 0 Å². The lowest BCUT2D eigenvalue weighted by Crippen LogP contribution is -2.34. The lowest BCUT2D eigenvalue weighted by atomic mass is 10.2. The number of benzene rings is 1. The van der Waals surface area contributed by atoms with E-state index in [9.17, 15) is 9.59 Å². The monoisotopic (exact) mass is 453 g/mol. The average Bonchev–Trinajstić information content (AvgIpc) is 2.99. The van der Waals surface area contributed by atoms with Crippen molar-refractivity contribution in [1.29, 1.82) is 0 Å². The minimum absolute atomic E-state index is 0.0416. The first-order valence-electron chi connectivity index (χ1n) is 9.38. The summed E-state index contributed by atoms with van der Waals surface area (Å²) in [5, 5.41) is 0.560. The number of nitrogens with zero attached hydrogens (tertiary/aromatic N) is 3. The number of carbonyl (C=O) groups excluding carboxylic acids is 1. The van der Waals surface area contributed by atoms with Crippen molar-refractivity contribution in [1.82, 2.24) is 14.3 Å². The fourth-order valence-corrected chi connectivity index (χ4v) is 5.51. The normalized spacial score (nSPS) is 15.7. The number of thiocarbonyl (C=S) groups is 1. The maximum Gasteiger partial charge on any atom is 0.266 e. The first-order chi connectivity index (χ1) is 14.3. The van der Waals surface area contributed by atoms with Crippen LogP contribution in [0, 0.1) is 6.92 Å². The molecule has 5 nitrogen and oxygen atoms in total. The lowest BCUT2D eigenvalue weighted by molar-refractivity contribution is -0.123. The molecule has 1 amide bonds. The van der Waals surface area contributed by atoms with Gasteiger partial charge in [-0.3, -0.25) is 18.9 Å². The molecule has 1 saturated heterocycles. The van der Waals surface area contributed by atoms with Gasteiger partial charge in [0, 0.05) is 17.1 Å². The summed E-state index contributed by atoms with van der Waals surface area (Å²) in [6, 6.07) is 13.4. The minimum Gasteiger partial charge on any atom is -0.290 e. The smallest absolute Gasteiger partial charge is 0.266 e. The molecule has 0 bridgehead atoms. The molecule has 0 unspecified atom stereocenters. The van der Waals surface area contributed by atoms with Crippen molar-refractivity contribution in [2.24, 2.45) is 0 Å². The van der Waals surface area contributed by atoms with Crippen LogP contribution in [0.25, 0.3) is 11.7 Å². The van der Waals surface area contributed by atoms with Crippen LogP contribution in [0.1, 0.15) is 25.0 Å². The van der Waals surface area contributed by atoms with Gasteiger partial charge >= 0.3 is 0 Å². The summed E-state index contributed by atoms with van der Waals surface area (Å²) in [6.45, 7) is 5.76. The first kappa shape index (κ1) is 20.8. The Morgan fingerprint density at radius 3 is 2.53 bits per heavy atom. The molecule has 8 heteroatoms. The van der Waals surface area contributed by atoms with Crippen molar-refractivity contribution in [2.75, 3.05) is 0 Å². The zero-order valence-corrected chi connectivity index (χ0v) is 19.1. The van der Waals surface area contributed by atoms with Gasteiger partial charge in [0.15, 0.2) is 0 Å².